The number of hydrogen-bond acceptors (Lipinski definition) is 8. The molecular weight excluding hydrogens is 630 g/mol. The van der Waals surface area contributed by atoms with Gasteiger partial charge in [-0.25, -0.2) is 14.4 Å². The number of ether oxygens (including phenoxy) is 2. The average molecular weight is 678 g/mol. The number of para-hydroxylation sites is 1. The zero-order valence-electron chi connectivity index (χ0n) is 28.7. The van der Waals surface area contributed by atoms with Gasteiger partial charge in [-0.1, -0.05) is 50.5 Å². The highest BCUT2D eigenvalue weighted by molar-refractivity contribution is 5.95. The highest BCUT2D eigenvalue weighted by atomic mass is 16.6. The van der Waals surface area contributed by atoms with Crippen LogP contribution in [0.25, 0.3) is 10.9 Å². The predicted octanol–water partition coefficient (Wildman–Crippen LogP) is 4.67. The van der Waals surface area contributed by atoms with Crippen LogP contribution in [0, 0.1) is 5.92 Å². The molecule has 1 saturated heterocycles. The van der Waals surface area contributed by atoms with Crippen LogP contribution in [-0.2, 0) is 36.9 Å². The third kappa shape index (κ3) is 7.97. The maximum atomic E-state index is 14.4. The maximum Gasteiger partial charge on any atom is 0.410 e. The lowest BCUT2D eigenvalue weighted by atomic mass is 9.83. The molecule has 0 radical (unpaired) electrons. The van der Waals surface area contributed by atoms with Crippen LogP contribution in [0.1, 0.15) is 83.9 Å². The van der Waals surface area contributed by atoms with Gasteiger partial charge in [0, 0.05) is 11.8 Å². The minimum Gasteiger partial charge on any atom is -0.479 e. The molecule has 1 saturated carbocycles. The molecule has 2 fully saturated rings. The number of fused-ring (bicyclic) bond motifs is 2. The van der Waals surface area contributed by atoms with Crippen molar-refractivity contribution >= 4 is 40.9 Å². The molecule has 13 heteroatoms. The van der Waals surface area contributed by atoms with E-state index in [1.807, 2.05) is 30.3 Å². The summed E-state index contributed by atoms with van der Waals surface area (Å²) in [5.74, 6) is -2.73. The Bertz CT molecular complexity index is 1570. The van der Waals surface area contributed by atoms with Gasteiger partial charge in [-0.3, -0.25) is 19.5 Å². The number of carboxylic acid groups (broad SMARTS) is 1. The molecule has 3 N–H and O–H groups in total. The van der Waals surface area contributed by atoms with Gasteiger partial charge in [-0.15, -0.1) is 6.58 Å². The van der Waals surface area contributed by atoms with Crippen LogP contribution < -0.4 is 10.6 Å². The van der Waals surface area contributed by atoms with Crippen LogP contribution in [0.15, 0.2) is 43.0 Å². The van der Waals surface area contributed by atoms with Crippen molar-refractivity contribution in [2.75, 3.05) is 6.54 Å². The van der Waals surface area contributed by atoms with E-state index in [9.17, 15) is 29.1 Å². The number of carbonyl (C=O) groups excluding carboxylic acids is 4. The third-order valence-corrected chi connectivity index (χ3v) is 9.66. The summed E-state index contributed by atoms with van der Waals surface area (Å²) in [6.45, 7) is 10.8. The Labute approximate surface area is 286 Å². The van der Waals surface area contributed by atoms with E-state index in [1.54, 1.807) is 27.7 Å². The molecule has 264 valence electrons. The Morgan fingerprint density at radius 1 is 1.10 bits per heavy atom. The zero-order valence-corrected chi connectivity index (χ0v) is 28.7. The first-order valence-corrected chi connectivity index (χ1v) is 17.1. The Morgan fingerprint density at radius 2 is 1.82 bits per heavy atom. The summed E-state index contributed by atoms with van der Waals surface area (Å²) < 4.78 is 11.4. The van der Waals surface area contributed by atoms with Crippen LogP contribution >= 0.6 is 0 Å². The smallest absolute Gasteiger partial charge is 0.410 e. The van der Waals surface area contributed by atoms with Crippen LogP contribution in [0.5, 0.6) is 0 Å². The fourth-order valence-corrected chi connectivity index (χ4v) is 6.98. The van der Waals surface area contributed by atoms with Crippen molar-refractivity contribution in [3.05, 3.63) is 54.2 Å². The van der Waals surface area contributed by atoms with E-state index in [1.165, 1.54) is 9.80 Å². The van der Waals surface area contributed by atoms with Gasteiger partial charge in [-0.2, -0.15) is 0 Å². The number of hydrogen-bond donors (Lipinski definition) is 3. The van der Waals surface area contributed by atoms with Crippen LogP contribution in [-0.4, -0.2) is 85.7 Å². The first kappa shape index (κ1) is 35.6. The number of aliphatic carboxylic acids is 1. The van der Waals surface area contributed by atoms with E-state index in [0.29, 0.717) is 19.4 Å². The number of nitrogens with one attached hydrogen (secondary N) is 2. The molecule has 0 spiro atoms. The molecule has 0 bridgehead atoms. The number of alkyl carbamates (subject to hydrolysis) is 1. The lowest BCUT2D eigenvalue weighted by molar-refractivity contribution is -0.147. The normalized spacial score (nSPS) is 21.3. The van der Waals surface area contributed by atoms with E-state index >= 15 is 0 Å². The third-order valence-electron chi connectivity index (χ3n) is 9.66. The number of nitrogens with zero attached hydrogens (tertiary/aromatic N) is 3. The molecule has 4 amide bonds. The molecule has 1 aromatic heterocycles. The van der Waals surface area contributed by atoms with Crippen molar-refractivity contribution in [2.24, 2.45) is 5.92 Å². The van der Waals surface area contributed by atoms with Gasteiger partial charge in [0.05, 0.1) is 30.8 Å². The second kappa shape index (κ2) is 14.4. The van der Waals surface area contributed by atoms with Gasteiger partial charge < -0.3 is 30.1 Å². The number of aromatic nitrogens is 1. The Kier molecular flexibility index (Phi) is 10.5. The minimum atomic E-state index is -1.77. The summed E-state index contributed by atoms with van der Waals surface area (Å²) in [5, 5.41) is 16.3. The number of pyridine rings is 1. The molecule has 49 heavy (non-hydrogen) atoms. The summed E-state index contributed by atoms with van der Waals surface area (Å²) in [5.41, 5.74) is -0.0629. The number of carboxylic acids is 1. The lowest BCUT2D eigenvalue weighted by Crippen LogP contribution is -2.60. The van der Waals surface area contributed by atoms with Gasteiger partial charge in [0.15, 0.2) is 5.54 Å². The second-order valence-electron chi connectivity index (χ2n) is 14.2. The molecule has 2 aromatic rings. The van der Waals surface area contributed by atoms with E-state index in [4.69, 9.17) is 14.5 Å². The molecule has 1 aliphatic carbocycles. The maximum absolute atomic E-state index is 14.4. The first-order chi connectivity index (χ1) is 23.2. The second-order valence-corrected chi connectivity index (χ2v) is 14.2. The topological polar surface area (TPSA) is 167 Å². The van der Waals surface area contributed by atoms with Gasteiger partial charge in [0.25, 0.3) is 0 Å². The van der Waals surface area contributed by atoms with Crippen molar-refractivity contribution in [3.8, 4) is 0 Å². The average Bonchev–Trinajstić information content (AvgIpc) is 3.68. The Balaban J connectivity index is 1.38. The van der Waals surface area contributed by atoms with E-state index < -0.39 is 59.3 Å². The number of amides is 4. The molecule has 4 atom stereocenters. The standard InChI is InChI=1S/C36H47N5O8/c1-6-36(7-2,32(44)45)39-30(42)28-18-25(48-34(47)40-19-24-17-23-15-11-12-16-26(23)37-27(24)21-40)20-41(28)31(43)29(22-13-9-8-10-14-22)38-33(46)49-35(3,4)5/h6,11-12,15-17,22,25,28-29H,1,7-10,13-14,18-21H2,2-5H3,(H,38,46)(H,39,42)(H,44,45)/t25-,28+,29+,36+/m1/s1. The van der Waals surface area contributed by atoms with Gasteiger partial charge >= 0.3 is 18.2 Å². The zero-order chi connectivity index (χ0) is 35.5. The fraction of sp³-hybridized carbons (Fsp3) is 0.556. The molecule has 1 aromatic carbocycles. The molecule has 2 aliphatic heterocycles. The summed E-state index contributed by atoms with van der Waals surface area (Å²) in [7, 11) is 0. The quantitative estimate of drug-likeness (QED) is 0.320. The fourth-order valence-electron chi connectivity index (χ4n) is 6.98. The van der Waals surface area contributed by atoms with E-state index in [-0.39, 0.29) is 31.8 Å². The lowest BCUT2D eigenvalue weighted by Gasteiger charge is -2.35. The molecule has 13 nitrogen and oxygen atoms in total. The van der Waals surface area contributed by atoms with Crippen molar-refractivity contribution in [1.29, 1.82) is 0 Å². The van der Waals surface area contributed by atoms with Crippen molar-refractivity contribution in [3.63, 3.8) is 0 Å². The van der Waals surface area contributed by atoms with Crippen molar-refractivity contribution in [2.45, 2.75) is 115 Å². The number of benzene rings is 1. The molecule has 3 heterocycles. The monoisotopic (exact) mass is 677 g/mol. The summed E-state index contributed by atoms with van der Waals surface area (Å²) in [4.78, 5) is 74.5. The summed E-state index contributed by atoms with van der Waals surface area (Å²) >= 11 is 0. The highest BCUT2D eigenvalue weighted by Gasteiger charge is 2.48. The van der Waals surface area contributed by atoms with Crippen molar-refractivity contribution in [1.82, 2.24) is 25.4 Å². The highest BCUT2D eigenvalue weighted by Crippen LogP contribution is 2.32. The van der Waals surface area contributed by atoms with Crippen LogP contribution in [0.3, 0.4) is 0 Å². The molecule has 5 rings (SSSR count). The number of likely N-dealkylation sites (tertiary alicyclic amines) is 1. The van der Waals surface area contributed by atoms with Gasteiger partial charge in [0.2, 0.25) is 11.8 Å². The van der Waals surface area contributed by atoms with Crippen LogP contribution in [0.4, 0.5) is 9.59 Å². The Morgan fingerprint density at radius 3 is 2.47 bits per heavy atom. The van der Waals surface area contributed by atoms with E-state index in [2.05, 4.69) is 17.2 Å². The number of rotatable bonds is 9. The van der Waals surface area contributed by atoms with Crippen molar-refractivity contribution < 1.29 is 38.6 Å². The Hall–Kier alpha value is -4.68. The first-order valence-electron chi connectivity index (χ1n) is 17.1. The summed E-state index contributed by atoms with van der Waals surface area (Å²) in [6, 6.07) is 7.53. The molecule has 3 aliphatic rings. The minimum absolute atomic E-state index is 0.0140. The number of carbonyl (C=O) groups is 5. The summed E-state index contributed by atoms with van der Waals surface area (Å²) in [6.07, 6.45) is 3.04. The SMILES string of the molecule is C=C[C@@](CC)(NC(=O)[C@@H]1C[C@@H](OC(=O)N2Cc3cc4ccccc4nc3C2)CN1C(=O)[C@@H](NC(=O)OC(C)(C)C)C1CCCCC1)C(=O)O. The van der Waals surface area contributed by atoms with E-state index in [0.717, 1.165) is 47.5 Å². The molecule has 0 unspecified atom stereocenters. The largest absolute Gasteiger partial charge is 0.479 e. The van der Waals surface area contributed by atoms with Gasteiger partial charge in [-0.05, 0) is 63.6 Å². The van der Waals surface area contributed by atoms with Gasteiger partial charge in [0.1, 0.15) is 23.8 Å². The van der Waals surface area contributed by atoms with Crippen LogP contribution in [0.2, 0.25) is 0 Å². The molecular formula is C36H47N5O8. The predicted molar refractivity (Wildman–Crippen MR) is 180 cm³/mol.